The molecule has 2 aliphatic carbocycles. The quantitative estimate of drug-likeness (QED) is 0.780. The highest BCUT2D eigenvalue weighted by Gasteiger charge is 2.29. The summed E-state index contributed by atoms with van der Waals surface area (Å²) < 4.78 is 7.89. The summed E-state index contributed by atoms with van der Waals surface area (Å²) in [5.74, 6) is 2.52. The van der Waals surface area contributed by atoms with Gasteiger partial charge in [-0.3, -0.25) is 4.98 Å². The van der Waals surface area contributed by atoms with Gasteiger partial charge in [0, 0.05) is 38.2 Å². The maximum absolute atomic E-state index is 5.57. The SMILES string of the molecule is Cn1c(C2CCCCC2)nc2c3c(ncc21)CC=C3C1CCOCC1.S. The van der Waals surface area contributed by atoms with Crippen molar-refractivity contribution in [3.8, 4) is 0 Å². The van der Waals surface area contributed by atoms with Gasteiger partial charge >= 0.3 is 0 Å². The molecule has 1 saturated carbocycles. The average Bonchev–Trinajstić information content (AvgIpc) is 3.25. The molecule has 0 amide bonds. The van der Waals surface area contributed by atoms with Crippen LogP contribution in [0.4, 0.5) is 0 Å². The predicted molar refractivity (Wildman–Crippen MR) is 110 cm³/mol. The van der Waals surface area contributed by atoms with Crippen LogP contribution < -0.4 is 0 Å². The summed E-state index contributed by atoms with van der Waals surface area (Å²) in [6.45, 7) is 1.77. The number of imidazole rings is 1. The minimum absolute atomic E-state index is 0. The lowest BCUT2D eigenvalue weighted by Crippen LogP contribution is -2.16. The topological polar surface area (TPSA) is 39.9 Å². The summed E-state index contributed by atoms with van der Waals surface area (Å²) in [6, 6.07) is 0. The molecule has 3 heterocycles. The summed E-state index contributed by atoms with van der Waals surface area (Å²) in [7, 11) is 2.18. The minimum Gasteiger partial charge on any atom is -0.381 e. The molecule has 0 aromatic carbocycles. The fourth-order valence-electron chi connectivity index (χ4n) is 5.07. The monoisotopic (exact) mass is 371 g/mol. The number of fused-ring (bicyclic) bond motifs is 3. The highest BCUT2D eigenvalue weighted by atomic mass is 32.1. The molecule has 0 atom stereocenters. The normalized spacial score (nSPS) is 21.5. The van der Waals surface area contributed by atoms with Crippen LogP contribution in [-0.2, 0) is 18.2 Å². The van der Waals surface area contributed by atoms with E-state index >= 15 is 0 Å². The number of hydrogen-bond acceptors (Lipinski definition) is 3. The Hall–Kier alpha value is -1.33. The van der Waals surface area contributed by atoms with Gasteiger partial charge in [0.1, 0.15) is 5.82 Å². The maximum atomic E-state index is 5.57. The first-order valence-corrected chi connectivity index (χ1v) is 9.95. The zero-order chi connectivity index (χ0) is 16.8. The molecule has 2 aromatic rings. The Morgan fingerprint density at radius 3 is 2.58 bits per heavy atom. The lowest BCUT2D eigenvalue weighted by molar-refractivity contribution is 0.0808. The van der Waals surface area contributed by atoms with Crippen molar-refractivity contribution in [3.05, 3.63) is 29.4 Å². The van der Waals surface area contributed by atoms with E-state index in [2.05, 4.69) is 17.7 Å². The Kier molecular flexibility index (Phi) is 5.11. The second-order valence-electron chi connectivity index (χ2n) is 7.93. The third kappa shape index (κ3) is 2.89. The van der Waals surface area contributed by atoms with E-state index in [0.717, 1.165) is 32.5 Å². The summed E-state index contributed by atoms with van der Waals surface area (Å²) in [6.07, 6.45) is 14.3. The van der Waals surface area contributed by atoms with Crippen LogP contribution >= 0.6 is 13.5 Å². The molecule has 3 aliphatic rings. The fourth-order valence-corrected chi connectivity index (χ4v) is 5.07. The molecule has 26 heavy (non-hydrogen) atoms. The van der Waals surface area contributed by atoms with Gasteiger partial charge < -0.3 is 9.30 Å². The molecule has 4 nitrogen and oxygen atoms in total. The molecule has 1 saturated heterocycles. The lowest BCUT2D eigenvalue weighted by Gasteiger charge is -2.24. The fraction of sp³-hybridized carbons (Fsp3) is 0.619. The van der Waals surface area contributed by atoms with Crippen LogP contribution in [0.3, 0.4) is 0 Å². The molecular formula is C21H29N3OS. The number of rotatable bonds is 2. The number of aryl methyl sites for hydroxylation is 1. The highest BCUT2D eigenvalue weighted by molar-refractivity contribution is 7.59. The van der Waals surface area contributed by atoms with E-state index in [1.54, 1.807) is 0 Å². The first-order valence-electron chi connectivity index (χ1n) is 9.95. The molecule has 2 aromatic heterocycles. The van der Waals surface area contributed by atoms with Crippen molar-refractivity contribution in [2.45, 2.75) is 57.3 Å². The molecular weight excluding hydrogens is 342 g/mol. The van der Waals surface area contributed by atoms with Gasteiger partial charge in [-0.15, -0.1) is 0 Å². The van der Waals surface area contributed by atoms with Crippen LogP contribution in [0.1, 0.15) is 67.9 Å². The third-order valence-electron chi connectivity index (χ3n) is 6.48. The Morgan fingerprint density at radius 1 is 1.04 bits per heavy atom. The maximum Gasteiger partial charge on any atom is 0.112 e. The van der Waals surface area contributed by atoms with Crippen LogP contribution in [0.25, 0.3) is 16.6 Å². The Balaban J connectivity index is 0.00000168. The molecule has 0 N–H and O–H groups in total. The summed E-state index contributed by atoms with van der Waals surface area (Å²) >= 11 is 0. The van der Waals surface area contributed by atoms with Gasteiger partial charge in [-0.25, -0.2) is 4.98 Å². The molecule has 0 spiro atoms. The molecule has 0 unspecified atom stereocenters. The first-order chi connectivity index (χ1) is 12.3. The summed E-state index contributed by atoms with van der Waals surface area (Å²) in [5, 5.41) is 0. The van der Waals surface area contributed by atoms with E-state index in [0.29, 0.717) is 11.8 Å². The van der Waals surface area contributed by atoms with Crippen LogP contribution in [0.2, 0.25) is 0 Å². The number of ether oxygens (including phenoxy) is 1. The molecule has 5 rings (SSSR count). The zero-order valence-corrected chi connectivity index (χ0v) is 16.6. The van der Waals surface area contributed by atoms with Crippen molar-refractivity contribution in [2.75, 3.05) is 13.2 Å². The van der Waals surface area contributed by atoms with Crippen molar-refractivity contribution in [3.63, 3.8) is 0 Å². The number of hydrogen-bond donors (Lipinski definition) is 0. The smallest absolute Gasteiger partial charge is 0.112 e. The second-order valence-corrected chi connectivity index (χ2v) is 7.93. The van der Waals surface area contributed by atoms with Gasteiger partial charge in [0.25, 0.3) is 0 Å². The number of pyridine rings is 1. The number of aromatic nitrogens is 3. The Morgan fingerprint density at radius 2 is 1.81 bits per heavy atom. The Labute approximate surface area is 162 Å². The molecule has 1 aliphatic heterocycles. The van der Waals surface area contributed by atoms with Gasteiger partial charge in [0.2, 0.25) is 0 Å². The van der Waals surface area contributed by atoms with E-state index in [1.165, 1.54) is 65.8 Å². The van der Waals surface area contributed by atoms with E-state index in [4.69, 9.17) is 14.7 Å². The minimum atomic E-state index is 0. The summed E-state index contributed by atoms with van der Waals surface area (Å²) in [4.78, 5) is 10.0. The summed E-state index contributed by atoms with van der Waals surface area (Å²) in [5.41, 5.74) is 6.47. The zero-order valence-electron chi connectivity index (χ0n) is 15.6. The van der Waals surface area contributed by atoms with Crippen molar-refractivity contribution >= 4 is 30.1 Å². The Bertz CT molecular complexity index is 829. The van der Waals surface area contributed by atoms with Crippen LogP contribution in [-0.4, -0.2) is 27.7 Å². The molecule has 2 fully saturated rings. The largest absolute Gasteiger partial charge is 0.381 e. The van der Waals surface area contributed by atoms with Crippen molar-refractivity contribution in [2.24, 2.45) is 13.0 Å². The van der Waals surface area contributed by atoms with Crippen molar-refractivity contribution in [1.82, 2.24) is 14.5 Å². The van der Waals surface area contributed by atoms with E-state index in [-0.39, 0.29) is 13.5 Å². The number of allylic oxidation sites excluding steroid dienone is 2. The molecule has 0 bridgehead atoms. The van der Waals surface area contributed by atoms with Crippen LogP contribution in [0.5, 0.6) is 0 Å². The van der Waals surface area contributed by atoms with Gasteiger partial charge in [0.05, 0.1) is 22.9 Å². The van der Waals surface area contributed by atoms with Gasteiger partial charge in [-0.1, -0.05) is 25.3 Å². The molecule has 0 radical (unpaired) electrons. The third-order valence-corrected chi connectivity index (χ3v) is 6.48. The van der Waals surface area contributed by atoms with Crippen molar-refractivity contribution in [1.29, 1.82) is 0 Å². The van der Waals surface area contributed by atoms with Crippen LogP contribution in [0.15, 0.2) is 12.3 Å². The van der Waals surface area contributed by atoms with E-state index < -0.39 is 0 Å². The average molecular weight is 372 g/mol. The standard InChI is InChI=1S/C21H27N3O.H2S/c1-24-18-13-22-17-8-7-16(14-9-11-25-12-10-14)19(17)20(18)23-21(24)15-5-3-2-4-6-15;/h7,13-15H,2-6,8-12H2,1H3;1H2. The first kappa shape index (κ1) is 18.1. The lowest BCUT2D eigenvalue weighted by atomic mass is 9.88. The predicted octanol–water partition coefficient (Wildman–Crippen LogP) is 4.49. The van der Waals surface area contributed by atoms with E-state index in [9.17, 15) is 0 Å². The van der Waals surface area contributed by atoms with Gasteiger partial charge in [-0.2, -0.15) is 13.5 Å². The van der Waals surface area contributed by atoms with Gasteiger partial charge in [0.15, 0.2) is 0 Å². The highest BCUT2D eigenvalue weighted by Crippen LogP contribution is 2.41. The van der Waals surface area contributed by atoms with E-state index in [1.807, 2.05) is 6.20 Å². The second kappa shape index (κ2) is 7.35. The molecule has 5 heteroatoms. The van der Waals surface area contributed by atoms with Crippen LogP contribution in [0, 0.1) is 5.92 Å². The molecule has 140 valence electrons. The van der Waals surface area contributed by atoms with Crippen molar-refractivity contribution < 1.29 is 4.74 Å². The van der Waals surface area contributed by atoms with Gasteiger partial charge in [-0.05, 0) is 37.2 Å². The number of nitrogens with zero attached hydrogens (tertiary/aromatic N) is 3.